The van der Waals surface area contributed by atoms with E-state index >= 15 is 0 Å². The fourth-order valence-electron chi connectivity index (χ4n) is 1.79. The zero-order valence-corrected chi connectivity index (χ0v) is 10.8. The minimum absolute atomic E-state index is 0.345. The van der Waals surface area contributed by atoms with Crippen LogP contribution in [0.1, 0.15) is 6.42 Å². The summed E-state index contributed by atoms with van der Waals surface area (Å²) in [6.07, 6.45) is 4.09. The third kappa shape index (κ3) is 3.84. The molecule has 0 saturated carbocycles. The number of carbonyl (C=O) groups is 1. The molecular weight excluding hydrogens is 244 g/mol. The lowest BCUT2D eigenvalue weighted by atomic mass is 10.1. The van der Waals surface area contributed by atoms with E-state index in [4.69, 9.17) is 4.74 Å². The van der Waals surface area contributed by atoms with Crippen LogP contribution in [0.4, 0.5) is 4.79 Å². The molecular formula is C14H16N2O3. The Kier molecular flexibility index (Phi) is 4.55. The molecule has 0 bridgehead atoms. The van der Waals surface area contributed by atoms with E-state index in [9.17, 15) is 4.79 Å². The van der Waals surface area contributed by atoms with Crippen LogP contribution in [0.3, 0.4) is 0 Å². The number of benzene rings is 1. The van der Waals surface area contributed by atoms with E-state index in [0.29, 0.717) is 18.8 Å². The van der Waals surface area contributed by atoms with Crippen LogP contribution < -0.4 is 4.74 Å². The van der Waals surface area contributed by atoms with Crippen LogP contribution >= 0.6 is 0 Å². The summed E-state index contributed by atoms with van der Waals surface area (Å²) < 4.78 is 5.29. The van der Waals surface area contributed by atoms with Crippen molar-refractivity contribution in [3.8, 4) is 5.75 Å². The van der Waals surface area contributed by atoms with Crippen molar-refractivity contribution < 1.29 is 14.4 Å². The average molecular weight is 260 g/mol. The quantitative estimate of drug-likeness (QED) is 0.619. The van der Waals surface area contributed by atoms with Gasteiger partial charge in [-0.25, -0.2) is 4.79 Å². The molecule has 0 N–H and O–H groups in total. The molecule has 1 amide bonds. The molecule has 0 atom stereocenters. The van der Waals surface area contributed by atoms with Gasteiger partial charge in [0.2, 0.25) is 0 Å². The maximum absolute atomic E-state index is 12.0. The molecule has 0 unspecified atom stereocenters. The molecule has 1 aliphatic rings. The molecule has 1 heterocycles. The molecule has 1 aromatic carbocycles. The highest BCUT2D eigenvalue weighted by molar-refractivity contribution is 5.81. The van der Waals surface area contributed by atoms with E-state index in [0.717, 1.165) is 12.0 Å². The van der Waals surface area contributed by atoms with E-state index in [1.165, 1.54) is 7.11 Å². The molecule has 19 heavy (non-hydrogen) atoms. The molecule has 0 radical (unpaired) electrons. The summed E-state index contributed by atoms with van der Waals surface area (Å²) in [6.45, 7) is 1.13. The van der Waals surface area contributed by atoms with Crippen molar-refractivity contribution in [1.82, 2.24) is 4.90 Å². The number of carbonyl (C=O) groups excluding carboxylic acids is 1. The van der Waals surface area contributed by atoms with Gasteiger partial charge in [-0.15, -0.1) is 0 Å². The average Bonchev–Trinajstić information content (AvgIpc) is 2.46. The molecule has 2 rings (SSSR count). The minimum Gasteiger partial charge on any atom is -0.410 e. The molecule has 5 nitrogen and oxygen atoms in total. The highest BCUT2D eigenvalue weighted by Gasteiger charge is 2.19. The first kappa shape index (κ1) is 13.1. The Morgan fingerprint density at radius 1 is 1.37 bits per heavy atom. The van der Waals surface area contributed by atoms with Gasteiger partial charge in [-0.2, -0.15) is 0 Å². The Bertz CT molecular complexity index is 483. The first-order chi connectivity index (χ1) is 9.29. The van der Waals surface area contributed by atoms with Crippen molar-refractivity contribution >= 4 is 12.3 Å². The Hall–Kier alpha value is -2.30. The lowest BCUT2D eigenvalue weighted by molar-refractivity contribution is 0.156. The number of para-hydroxylation sites is 1. The van der Waals surface area contributed by atoms with Crippen molar-refractivity contribution in [2.75, 3.05) is 20.2 Å². The van der Waals surface area contributed by atoms with Gasteiger partial charge >= 0.3 is 6.09 Å². The van der Waals surface area contributed by atoms with Crippen LogP contribution in [0.15, 0.2) is 47.1 Å². The summed E-state index contributed by atoms with van der Waals surface area (Å²) in [5, 5.41) is 3.70. The first-order valence-electron chi connectivity index (χ1n) is 6.07. The monoisotopic (exact) mass is 260 g/mol. The van der Waals surface area contributed by atoms with Crippen molar-refractivity contribution in [1.29, 1.82) is 0 Å². The van der Waals surface area contributed by atoms with Crippen molar-refractivity contribution in [2.45, 2.75) is 6.42 Å². The Labute approximate surface area is 112 Å². The van der Waals surface area contributed by atoms with Gasteiger partial charge < -0.3 is 14.5 Å². The van der Waals surface area contributed by atoms with Crippen LogP contribution in [0, 0.1) is 0 Å². The van der Waals surface area contributed by atoms with Crippen molar-refractivity contribution in [3.05, 3.63) is 42.0 Å². The fourth-order valence-corrected chi connectivity index (χ4v) is 1.79. The SMILES string of the molecule is CO/N=C/C1=CCCN(C(=O)Oc2ccccc2)C1. The molecule has 0 aliphatic carbocycles. The number of hydrogen-bond donors (Lipinski definition) is 0. The lowest BCUT2D eigenvalue weighted by Crippen LogP contribution is -2.38. The molecule has 1 aromatic rings. The maximum Gasteiger partial charge on any atom is 0.415 e. The zero-order valence-electron chi connectivity index (χ0n) is 10.8. The number of nitrogens with zero attached hydrogens (tertiary/aromatic N) is 2. The number of amides is 1. The normalized spacial score (nSPS) is 15.2. The fraction of sp³-hybridized carbons (Fsp3) is 0.286. The van der Waals surface area contributed by atoms with Crippen LogP contribution in [0.25, 0.3) is 0 Å². The number of rotatable bonds is 3. The largest absolute Gasteiger partial charge is 0.415 e. The van der Waals surface area contributed by atoms with Gasteiger partial charge in [0.1, 0.15) is 12.9 Å². The molecule has 0 aromatic heterocycles. The Morgan fingerprint density at radius 3 is 2.89 bits per heavy atom. The predicted octanol–water partition coefficient (Wildman–Crippen LogP) is 2.45. The second-order valence-corrected chi connectivity index (χ2v) is 4.09. The molecule has 0 fully saturated rings. The standard InChI is InChI=1S/C14H16N2O3/c1-18-15-10-12-6-5-9-16(11-12)14(17)19-13-7-3-2-4-8-13/h2-4,6-8,10H,5,9,11H2,1H3/b15-10+. The summed E-state index contributed by atoms with van der Waals surface area (Å²) in [6, 6.07) is 9.04. The number of ether oxygens (including phenoxy) is 1. The molecule has 100 valence electrons. The zero-order chi connectivity index (χ0) is 13.5. The van der Waals surface area contributed by atoms with Gasteiger partial charge in [0.05, 0.1) is 12.8 Å². The van der Waals surface area contributed by atoms with Gasteiger partial charge in [-0.05, 0) is 24.1 Å². The molecule has 0 spiro atoms. The lowest BCUT2D eigenvalue weighted by Gasteiger charge is -2.25. The highest BCUT2D eigenvalue weighted by Crippen LogP contribution is 2.13. The minimum atomic E-state index is -0.345. The Balaban J connectivity index is 1.94. The first-order valence-corrected chi connectivity index (χ1v) is 6.07. The highest BCUT2D eigenvalue weighted by atomic mass is 16.6. The van der Waals surface area contributed by atoms with E-state index in [1.54, 1.807) is 23.2 Å². The summed E-state index contributed by atoms with van der Waals surface area (Å²) >= 11 is 0. The van der Waals surface area contributed by atoms with Gasteiger partial charge in [0, 0.05) is 6.54 Å². The summed E-state index contributed by atoms with van der Waals surface area (Å²) in [7, 11) is 1.49. The third-order valence-electron chi connectivity index (χ3n) is 2.71. The van der Waals surface area contributed by atoms with Gasteiger partial charge in [0.25, 0.3) is 0 Å². The molecule has 1 aliphatic heterocycles. The summed E-state index contributed by atoms with van der Waals surface area (Å²) in [5.74, 6) is 0.550. The van der Waals surface area contributed by atoms with Crippen molar-refractivity contribution in [3.63, 3.8) is 0 Å². The van der Waals surface area contributed by atoms with Crippen LogP contribution in [0.2, 0.25) is 0 Å². The van der Waals surface area contributed by atoms with Crippen LogP contribution in [-0.2, 0) is 4.84 Å². The maximum atomic E-state index is 12.0. The van der Waals surface area contributed by atoms with E-state index in [-0.39, 0.29) is 6.09 Å². The third-order valence-corrected chi connectivity index (χ3v) is 2.71. The molecule has 5 heteroatoms. The van der Waals surface area contributed by atoms with E-state index in [1.807, 2.05) is 24.3 Å². The van der Waals surface area contributed by atoms with Gasteiger partial charge in [0.15, 0.2) is 0 Å². The topological polar surface area (TPSA) is 51.1 Å². The number of oxime groups is 1. The molecule has 0 saturated heterocycles. The van der Waals surface area contributed by atoms with Gasteiger partial charge in [-0.1, -0.05) is 29.4 Å². The predicted molar refractivity (Wildman–Crippen MR) is 72.2 cm³/mol. The van der Waals surface area contributed by atoms with Crippen molar-refractivity contribution in [2.24, 2.45) is 5.16 Å². The second-order valence-electron chi connectivity index (χ2n) is 4.09. The van der Waals surface area contributed by atoms with Crippen LogP contribution in [0.5, 0.6) is 5.75 Å². The smallest absolute Gasteiger partial charge is 0.410 e. The summed E-state index contributed by atoms with van der Waals surface area (Å²) in [4.78, 5) is 18.3. The van der Waals surface area contributed by atoms with E-state index in [2.05, 4.69) is 9.99 Å². The summed E-state index contributed by atoms with van der Waals surface area (Å²) in [5.41, 5.74) is 0.943. The van der Waals surface area contributed by atoms with Crippen LogP contribution in [-0.4, -0.2) is 37.4 Å². The Morgan fingerprint density at radius 2 is 2.16 bits per heavy atom. The van der Waals surface area contributed by atoms with Gasteiger partial charge in [-0.3, -0.25) is 0 Å². The van der Waals surface area contributed by atoms with E-state index < -0.39 is 0 Å². The number of hydrogen-bond acceptors (Lipinski definition) is 4. The second kappa shape index (κ2) is 6.58.